The van der Waals surface area contributed by atoms with E-state index in [0.717, 1.165) is 49.9 Å². The standard InChI is InChI=1S/C27H40O2/c1-25-14-11-21(28)18-20(25)8-9-22-23(25)12-15-26(2)24(22)13-17-27(26,29)16-10-19-6-4-3-5-7-19/h3-7,20-24,28-29H,8-18H2,1-2H3/t20-,21+,22-,23-,24+,25+,26-,27+/m0/s1. The Kier molecular flexibility index (Phi) is 4.91. The minimum atomic E-state index is -0.501. The monoisotopic (exact) mass is 396 g/mol. The molecular formula is C27H40O2. The van der Waals surface area contributed by atoms with Crippen LogP contribution in [0.15, 0.2) is 30.3 Å². The molecule has 4 aliphatic rings. The van der Waals surface area contributed by atoms with Crippen LogP contribution in [0.3, 0.4) is 0 Å². The van der Waals surface area contributed by atoms with E-state index in [0.29, 0.717) is 11.3 Å². The fourth-order valence-corrected chi connectivity index (χ4v) is 8.75. The van der Waals surface area contributed by atoms with E-state index in [2.05, 4.69) is 44.2 Å². The molecule has 2 heteroatoms. The Balaban J connectivity index is 1.35. The second-order valence-electron chi connectivity index (χ2n) is 11.6. The highest BCUT2D eigenvalue weighted by Crippen LogP contribution is 2.68. The molecule has 0 aromatic heterocycles. The zero-order valence-corrected chi connectivity index (χ0v) is 18.4. The van der Waals surface area contributed by atoms with Crippen molar-refractivity contribution in [2.75, 3.05) is 0 Å². The Morgan fingerprint density at radius 3 is 2.45 bits per heavy atom. The first kappa shape index (κ1) is 20.1. The van der Waals surface area contributed by atoms with Crippen molar-refractivity contribution in [3.8, 4) is 0 Å². The lowest BCUT2D eigenvalue weighted by Gasteiger charge is -2.61. The Morgan fingerprint density at radius 1 is 0.897 bits per heavy atom. The maximum atomic E-state index is 11.9. The molecule has 29 heavy (non-hydrogen) atoms. The third-order valence-electron chi connectivity index (χ3n) is 10.6. The molecular weight excluding hydrogens is 356 g/mol. The topological polar surface area (TPSA) is 40.5 Å². The highest BCUT2D eigenvalue weighted by Gasteiger charge is 2.64. The van der Waals surface area contributed by atoms with Crippen molar-refractivity contribution in [1.29, 1.82) is 0 Å². The SMILES string of the molecule is C[C@@]12CC[C@@H](O)C[C@@H]1CC[C@@H]1[C@H]3CC[C@](O)(CCc4ccccc4)[C@@]3(C)CC[C@@H]12. The van der Waals surface area contributed by atoms with Crippen LogP contribution in [0.5, 0.6) is 0 Å². The Morgan fingerprint density at radius 2 is 1.66 bits per heavy atom. The van der Waals surface area contributed by atoms with Crippen molar-refractivity contribution < 1.29 is 10.2 Å². The minimum absolute atomic E-state index is 0.0620. The van der Waals surface area contributed by atoms with Gasteiger partial charge in [0.2, 0.25) is 0 Å². The van der Waals surface area contributed by atoms with Crippen LogP contribution in [0.4, 0.5) is 0 Å². The molecule has 0 unspecified atom stereocenters. The normalized spacial score (nSPS) is 49.2. The molecule has 0 radical (unpaired) electrons. The quantitative estimate of drug-likeness (QED) is 0.682. The van der Waals surface area contributed by atoms with E-state index in [9.17, 15) is 10.2 Å². The number of benzene rings is 1. The van der Waals surface area contributed by atoms with Gasteiger partial charge in [0.05, 0.1) is 11.7 Å². The second-order valence-corrected chi connectivity index (χ2v) is 11.6. The van der Waals surface area contributed by atoms with Crippen LogP contribution in [-0.4, -0.2) is 21.9 Å². The van der Waals surface area contributed by atoms with Crippen molar-refractivity contribution >= 4 is 0 Å². The molecule has 0 spiro atoms. The van der Waals surface area contributed by atoms with E-state index in [1.165, 1.54) is 44.1 Å². The summed E-state index contributed by atoms with van der Waals surface area (Å²) in [6.45, 7) is 4.99. The van der Waals surface area contributed by atoms with Gasteiger partial charge in [-0.25, -0.2) is 0 Å². The molecule has 1 aromatic carbocycles. The van der Waals surface area contributed by atoms with E-state index in [1.54, 1.807) is 0 Å². The van der Waals surface area contributed by atoms with Crippen molar-refractivity contribution in [2.45, 2.75) is 96.2 Å². The van der Waals surface area contributed by atoms with Crippen molar-refractivity contribution in [3.63, 3.8) is 0 Å². The summed E-state index contributed by atoms with van der Waals surface area (Å²) >= 11 is 0. The molecule has 160 valence electrons. The van der Waals surface area contributed by atoms with Crippen LogP contribution in [0, 0.1) is 34.5 Å². The van der Waals surface area contributed by atoms with E-state index in [4.69, 9.17) is 0 Å². The third-order valence-corrected chi connectivity index (χ3v) is 10.6. The van der Waals surface area contributed by atoms with E-state index >= 15 is 0 Å². The summed E-state index contributed by atoms with van der Waals surface area (Å²) in [5.41, 5.74) is 1.36. The van der Waals surface area contributed by atoms with Crippen molar-refractivity contribution in [3.05, 3.63) is 35.9 Å². The highest BCUT2D eigenvalue weighted by atomic mass is 16.3. The lowest BCUT2D eigenvalue weighted by Crippen LogP contribution is -2.56. The fraction of sp³-hybridized carbons (Fsp3) is 0.778. The minimum Gasteiger partial charge on any atom is -0.393 e. The highest BCUT2D eigenvalue weighted by molar-refractivity contribution is 5.18. The molecule has 2 nitrogen and oxygen atoms in total. The predicted molar refractivity (Wildman–Crippen MR) is 117 cm³/mol. The van der Waals surface area contributed by atoms with Gasteiger partial charge in [-0.15, -0.1) is 0 Å². The van der Waals surface area contributed by atoms with Gasteiger partial charge in [-0.2, -0.15) is 0 Å². The molecule has 8 atom stereocenters. The number of hydrogen-bond donors (Lipinski definition) is 2. The first-order chi connectivity index (χ1) is 13.9. The summed E-state index contributed by atoms with van der Waals surface area (Å²) < 4.78 is 0. The van der Waals surface area contributed by atoms with Gasteiger partial charge in [0.1, 0.15) is 0 Å². The maximum Gasteiger partial charge on any atom is 0.0707 e. The lowest BCUT2D eigenvalue weighted by atomic mass is 9.44. The lowest BCUT2D eigenvalue weighted by molar-refractivity contribution is -0.160. The molecule has 4 aliphatic carbocycles. The summed E-state index contributed by atoms with van der Waals surface area (Å²) in [6, 6.07) is 10.7. The van der Waals surface area contributed by atoms with Gasteiger partial charge in [0.25, 0.3) is 0 Å². The van der Waals surface area contributed by atoms with Crippen LogP contribution in [0.1, 0.15) is 83.6 Å². The number of aryl methyl sites for hydroxylation is 1. The predicted octanol–water partition coefficient (Wildman–Crippen LogP) is 5.75. The zero-order valence-electron chi connectivity index (χ0n) is 18.4. The van der Waals surface area contributed by atoms with Crippen molar-refractivity contribution in [2.24, 2.45) is 34.5 Å². The van der Waals surface area contributed by atoms with Crippen LogP contribution in [0.25, 0.3) is 0 Å². The van der Waals surface area contributed by atoms with Gasteiger partial charge in [-0.3, -0.25) is 0 Å². The van der Waals surface area contributed by atoms with Crippen LogP contribution in [-0.2, 0) is 6.42 Å². The Hall–Kier alpha value is -0.860. The van der Waals surface area contributed by atoms with E-state index in [-0.39, 0.29) is 11.5 Å². The first-order valence-corrected chi connectivity index (χ1v) is 12.3. The number of aliphatic hydroxyl groups is 2. The maximum absolute atomic E-state index is 11.9. The molecule has 0 aliphatic heterocycles. The van der Waals surface area contributed by atoms with Gasteiger partial charge in [-0.1, -0.05) is 44.2 Å². The molecule has 2 N–H and O–H groups in total. The van der Waals surface area contributed by atoms with Gasteiger partial charge in [-0.05, 0) is 111 Å². The van der Waals surface area contributed by atoms with Crippen molar-refractivity contribution in [1.82, 2.24) is 0 Å². The van der Waals surface area contributed by atoms with E-state index in [1.807, 2.05) is 0 Å². The number of fused-ring (bicyclic) bond motifs is 5. The smallest absolute Gasteiger partial charge is 0.0707 e. The molecule has 5 rings (SSSR count). The van der Waals surface area contributed by atoms with Crippen LogP contribution >= 0.6 is 0 Å². The van der Waals surface area contributed by atoms with Crippen LogP contribution in [0.2, 0.25) is 0 Å². The summed E-state index contributed by atoms with van der Waals surface area (Å²) in [5.74, 6) is 3.00. The van der Waals surface area contributed by atoms with Gasteiger partial charge in [0.15, 0.2) is 0 Å². The molecule has 0 amide bonds. The summed E-state index contributed by atoms with van der Waals surface area (Å²) in [5, 5.41) is 22.1. The largest absolute Gasteiger partial charge is 0.393 e. The molecule has 0 saturated heterocycles. The molecule has 4 fully saturated rings. The summed E-state index contributed by atoms with van der Waals surface area (Å²) in [7, 11) is 0. The second kappa shape index (κ2) is 7.09. The fourth-order valence-electron chi connectivity index (χ4n) is 8.75. The third kappa shape index (κ3) is 3.04. The Labute approximate surface area is 177 Å². The van der Waals surface area contributed by atoms with E-state index < -0.39 is 5.60 Å². The molecule has 0 bridgehead atoms. The van der Waals surface area contributed by atoms with Gasteiger partial charge in [0, 0.05) is 0 Å². The zero-order chi connectivity index (χ0) is 20.3. The van der Waals surface area contributed by atoms with Crippen LogP contribution < -0.4 is 0 Å². The molecule has 1 aromatic rings. The summed E-state index contributed by atoms with van der Waals surface area (Å²) in [6.07, 6.45) is 12.4. The number of hydrogen-bond acceptors (Lipinski definition) is 2. The average Bonchev–Trinajstić information content (AvgIpc) is 2.99. The Bertz CT molecular complexity index is 731. The molecule has 0 heterocycles. The number of aliphatic hydroxyl groups excluding tert-OH is 1. The van der Waals surface area contributed by atoms with Gasteiger partial charge < -0.3 is 10.2 Å². The van der Waals surface area contributed by atoms with Gasteiger partial charge >= 0.3 is 0 Å². The first-order valence-electron chi connectivity index (χ1n) is 12.3. The average molecular weight is 397 g/mol. The molecule has 4 saturated carbocycles. The summed E-state index contributed by atoms with van der Waals surface area (Å²) in [4.78, 5) is 0. The number of rotatable bonds is 3.